The van der Waals surface area contributed by atoms with Crippen molar-refractivity contribution in [1.82, 2.24) is 10.3 Å². The molecular weight excluding hydrogens is 464 g/mol. The number of aromatic nitrogens is 1. The van der Waals surface area contributed by atoms with Gasteiger partial charge in [-0.25, -0.2) is 9.78 Å². The minimum absolute atomic E-state index is 0.229. The highest BCUT2D eigenvalue weighted by molar-refractivity contribution is 5.99. The molecule has 4 rings (SSSR count). The third-order valence-corrected chi connectivity index (χ3v) is 7.15. The first kappa shape index (κ1) is 26.2. The van der Waals surface area contributed by atoms with Crippen molar-refractivity contribution in [1.29, 1.82) is 0 Å². The van der Waals surface area contributed by atoms with E-state index in [0.29, 0.717) is 11.5 Å². The lowest BCUT2D eigenvalue weighted by Gasteiger charge is -2.34. The van der Waals surface area contributed by atoms with Crippen LogP contribution in [0.1, 0.15) is 45.5 Å². The van der Waals surface area contributed by atoms with Crippen LogP contribution in [-0.2, 0) is 11.2 Å². The number of carboxylic acids is 1. The molecule has 1 saturated heterocycles. The van der Waals surface area contributed by atoms with Gasteiger partial charge in [0.1, 0.15) is 11.9 Å². The number of carboxylic acid groups (broad SMARTS) is 1. The maximum Gasteiger partial charge on any atom is 0.326 e. The van der Waals surface area contributed by atoms with Crippen LogP contribution in [0.4, 0.5) is 11.5 Å². The van der Waals surface area contributed by atoms with Gasteiger partial charge in [-0.15, -0.1) is 0 Å². The summed E-state index contributed by atoms with van der Waals surface area (Å²) < 4.78 is 0. The number of nitrogens with one attached hydrogen (secondary N) is 2. The van der Waals surface area contributed by atoms with Gasteiger partial charge in [0.15, 0.2) is 0 Å². The van der Waals surface area contributed by atoms with Gasteiger partial charge in [0.2, 0.25) is 0 Å². The van der Waals surface area contributed by atoms with Gasteiger partial charge in [0, 0.05) is 43.5 Å². The summed E-state index contributed by atoms with van der Waals surface area (Å²) >= 11 is 0. The number of piperidine rings is 1. The van der Waals surface area contributed by atoms with Gasteiger partial charge in [-0.1, -0.05) is 30.3 Å². The van der Waals surface area contributed by atoms with Gasteiger partial charge in [0.25, 0.3) is 5.91 Å². The minimum Gasteiger partial charge on any atom is -0.480 e. The van der Waals surface area contributed by atoms with Gasteiger partial charge in [-0.3, -0.25) is 4.79 Å². The Bertz CT molecular complexity index is 1210. The highest BCUT2D eigenvalue weighted by atomic mass is 16.4. The number of rotatable bonds is 9. The maximum absolute atomic E-state index is 12.8. The molecule has 1 aliphatic rings. The van der Waals surface area contributed by atoms with E-state index < -0.39 is 12.0 Å². The van der Waals surface area contributed by atoms with E-state index in [0.717, 1.165) is 60.7 Å². The number of hydrogen-bond acceptors (Lipinski definition) is 5. The fourth-order valence-electron chi connectivity index (χ4n) is 4.96. The first-order chi connectivity index (χ1) is 17.8. The number of nitrogens with zero attached hydrogens (tertiary/aromatic N) is 2. The molecule has 0 bridgehead atoms. The molecule has 2 heterocycles. The average Bonchev–Trinajstić information content (AvgIpc) is 2.88. The van der Waals surface area contributed by atoms with E-state index in [1.54, 1.807) is 0 Å². The topological polar surface area (TPSA) is 94.6 Å². The number of anilines is 2. The van der Waals surface area contributed by atoms with Crippen LogP contribution in [0.5, 0.6) is 0 Å². The van der Waals surface area contributed by atoms with E-state index in [4.69, 9.17) is 0 Å². The third kappa shape index (κ3) is 6.88. The number of carbonyl (C=O) groups excluding carboxylic acids is 1. The molecule has 0 saturated carbocycles. The first-order valence-corrected chi connectivity index (χ1v) is 12.9. The van der Waals surface area contributed by atoms with Crippen molar-refractivity contribution >= 4 is 23.4 Å². The zero-order valence-electron chi connectivity index (χ0n) is 21.8. The number of carbonyl (C=O) groups is 2. The van der Waals surface area contributed by atoms with Crippen LogP contribution in [0.2, 0.25) is 0 Å². The normalized spacial score (nSPS) is 14.7. The molecule has 1 aliphatic heterocycles. The SMILES string of the molecule is Cc1ccnc(NCC2CCN(c3ccc(CC(NC(=O)c4c(C)cccc4C)C(=O)O)cc3)CC2)c1. The largest absolute Gasteiger partial charge is 0.480 e. The van der Waals surface area contributed by atoms with Gasteiger partial charge in [0.05, 0.1) is 0 Å². The fourth-order valence-corrected chi connectivity index (χ4v) is 4.96. The number of pyridine rings is 1. The first-order valence-electron chi connectivity index (χ1n) is 12.9. The predicted molar refractivity (Wildman–Crippen MR) is 147 cm³/mol. The van der Waals surface area contributed by atoms with E-state index >= 15 is 0 Å². The number of aliphatic carboxylic acids is 1. The molecule has 1 amide bonds. The summed E-state index contributed by atoms with van der Waals surface area (Å²) in [5, 5.41) is 15.9. The van der Waals surface area contributed by atoms with Crippen molar-refractivity contribution in [2.75, 3.05) is 29.9 Å². The Morgan fingerprint density at radius 3 is 2.32 bits per heavy atom. The van der Waals surface area contributed by atoms with E-state index in [1.165, 1.54) is 5.56 Å². The molecule has 1 fully saturated rings. The molecule has 194 valence electrons. The Balaban J connectivity index is 1.30. The quantitative estimate of drug-likeness (QED) is 0.392. The zero-order valence-corrected chi connectivity index (χ0v) is 21.8. The summed E-state index contributed by atoms with van der Waals surface area (Å²) in [5.41, 5.74) is 5.42. The van der Waals surface area contributed by atoms with E-state index in [9.17, 15) is 14.7 Å². The highest BCUT2D eigenvalue weighted by Crippen LogP contribution is 2.24. The maximum atomic E-state index is 12.8. The summed E-state index contributed by atoms with van der Waals surface area (Å²) in [7, 11) is 0. The smallest absolute Gasteiger partial charge is 0.326 e. The van der Waals surface area contributed by atoms with E-state index in [1.807, 2.05) is 56.4 Å². The van der Waals surface area contributed by atoms with Gasteiger partial charge in [-0.2, -0.15) is 0 Å². The van der Waals surface area contributed by atoms with Gasteiger partial charge < -0.3 is 20.6 Å². The molecule has 37 heavy (non-hydrogen) atoms. The molecule has 0 spiro atoms. The third-order valence-electron chi connectivity index (χ3n) is 7.15. The fraction of sp³-hybridized carbons (Fsp3) is 0.367. The van der Waals surface area contributed by atoms with Crippen molar-refractivity contribution in [2.45, 2.75) is 46.1 Å². The van der Waals surface area contributed by atoms with E-state index in [2.05, 4.69) is 45.6 Å². The van der Waals surface area contributed by atoms with Crippen molar-refractivity contribution in [3.8, 4) is 0 Å². The average molecular weight is 501 g/mol. The molecule has 7 nitrogen and oxygen atoms in total. The minimum atomic E-state index is -1.04. The number of hydrogen-bond donors (Lipinski definition) is 3. The molecule has 2 aromatic carbocycles. The summed E-state index contributed by atoms with van der Waals surface area (Å²) in [6.07, 6.45) is 4.27. The summed E-state index contributed by atoms with van der Waals surface area (Å²) in [5.74, 6) is 0.146. The van der Waals surface area contributed by atoms with Crippen LogP contribution in [0.15, 0.2) is 60.8 Å². The Labute approximate surface area is 218 Å². The van der Waals surface area contributed by atoms with Crippen molar-refractivity contribution in [3.63, 3.8) is 0 Å². The molecule has 3 aromatic rings. The second-order valence-corrected chi connectivity index (χ2v) is 10.0. The molecule has 0 radical (unpaired) electrons. The van der Waals surface area contributed by atoms with Crippen molar-refractivity contribution in [2.24, 2.45) is 5.92 Å². The Hall–Kier alpha value is -3.87. The lowest BCUT2D eigenvalue weighted by molar-refractivity contribution is -0.139. The Kier molecular flexibility index (Phi) is 8.43. The molecule has 0 aliphatic carbocycles. The van der Waals surface area contributed by atoms with Crippen LogP contribution in [0, 0.1) is 26.7 Å². The highest BCUT2D eigenvalue weighted by Gasteiger charge is 2.23. The summed E-state index contributed by atoms with van der Waals surface area (Å²) in [6.45, 7) is 8.68. The number of aryl methyl sites for hydroxylation is 3. The van der Waals surface area contributed by atoms with Gasteiger partial charge in [-0.05, 0) is 86.1 Å². The second kappa shape index (κ2) is 11.9. The number of benzene rings is 2. The number of amides is 1. The predicted octanol–water partition coefficient (Wildman–Crippen LogP) is 4.76. The van der Waals surface area contributed by atoms with Crippen LogP contribution in [-0.4, -0.2) is 47.6 Å². The second-order valence-electron chi connectivity index (χ2n) is 10.0. The van der Waals surface area contributed by atoms with Crippen molar-refractivity contribution in [3.05, 3.63) is 88.6 Å². The molecule has 1 unspecified atom stereocenters. The van der Waals surface area contributed by atoms with Crippen LogP contribution in [0.25, 0.3) is 0 Å². The summed E-state index contributed by atoms with van der Waals surface area (Å²) in [4.78, 5) is 31.5. The lowest BCUT2D eigenvalue weighted by atomic mass is 9.96. The van der Waals surface area contributed by atoms with E-state index in [-0.39, 0.29) is 12.3 Å². The van der Waals surface area contributed by atoms with Crippen LogP contribution < -0.4 is 15.5 Å². The Morgan fingerprint density at radius 2 is 1.70 bits per heavy atom. The molecule has 1 aromatic heterocycles. The monoisotopic (exact) mass is 500 g/mol. The molecule has 1 atom stereocenters. The van der Waals surface area contributed by atoms with Crippen molar-refractivity contribution < 1.29 is 14.7 Å². The Morgan fingerprint density at radius 1 is 1.03 bits per heavy atom. The standard InChI is InChI=1S/C30H36N4O3/c1-20-11-14-31-27(17-20)32-19-24-12-15-34(16-13-24)25-9-7-23(8-10-25)18-26(30(36)37)33-29(35)28-21(2)5-4-6-22(28)3/h4-11,14,17,24,26H,12-13,15-16,18-19H2,1-3H3,(H,31,32)(H,33,35)(H,36,37). The lowest BCUT2D eigenvalue weighted by Crippen LogP contribution is -2.42. The molecule has 3 N–H and O–H groups in total. The van der Waals surface area contributed by atoms with Crippen LogP contribution >= 0.6 is 0 Å². The van der Waals surface area contributed by atoms with Crippen LogP contribution in [0.3, 0.4) is 0 Å². The van der Waals surface area contributed by atoms with Gasteiger partial charge >= 0.3 is 5.97 Å². The molecule has 7 heteroatoms. The zero-order chi connectivity index (χ0) is 26.4. The molecular formula is C30H36N4O3. The summed E-state index contributed by atoms with van der Waals surface area (Å²) in [6, 6.07) is 16.7.